The van der Waals surface area contributed by atoms with Crippen LogP contribution in [0.4, 0.5) is 5.95 Å². The number of H-pyrrole nitrogens is 1. The fraction of sp³-hybridized carbons (Fsp3) is 0.421. The number of rotatable bonds is 8. The summed E-state index contributed by atoms with van der Waals surface area (Å²) in [5.74, 6) is 0.361. The van der Waals surface area contributed by atoms with Gasteiger partial charge in [-0.1, -0.05) is 16.6 Å². The number of nitrogens with zero attached hydrogens (tertiary/aromatic N) is 3. The Bertz CT molecular complexity index is 1320. The largest absolute Gasteiger partial charge is 0.756 e. The van der Waals surface area contributed by atoms with Gasteiger partial charge in [-0.3, -0.25) is 18.9 Å². The molecule has 0 amide bonds. The van der Waals surface area contributed by atoms with Gasteiger partial charge in [-0.15, -0.1) is 0 Å². The van der Waals surface area contributed by atoms with Gasteiger partial charge in [-0.05, 0) is 31.2 Å². The van der Waals surface area contributed by atoms with E-state index in [2.05, 4.69) is 14.5 Å². The number of imidazole rings is 1. The molecule has 2 aromatic heterocycles. The molecule has 0 spiro atoms. The molecule has 1 unspecified atom stereocenters. The van der Waals surface area contributed by atoms with Gasteiger partial charge in [0, 0.05) is 5.02 Å². The quantitative estimate of drug-likeness (QED) is 0.172. The number of hydrogen-bond acceptors (Lipinski definition) is 10. The Morgan fingerprint density at radius 2 is 2.11 bits per heavy atom. The molecule has 35 heavy (non-hydrogen) atoms. The predicted molar refractivity (Wildman–Crippen MR) is 118 cm³/mol. The molecule has 0 radical (unpaired) electrons. The third-order valence-corrected chi connectivity index (χ3v) is 6.24. The van der Waals surface area contributed by atoms with Crippen molar-refractivity contribution < 1.29 is 43.1 Å². The molecule has 1 aliphatic rings. The maximum atomic E-state index is 12.7. The van der Waals surface area contributed by atoms with Crippen LogP contribution < -0.4 is 25.5 Å². The van der Waals surface area contributed by atoms with Crippen LogP contribution in [0.5, 0.6) is 5.75 Å². The maximum absolute atomic E-state index is 12.7. The summed E-state index contributed by atoms with van der Waals surface area (Å²) < 4.78 is 29.4. The minimum Gasteiger partial charge on any atom is -0.756 e. The molecule has 0 saturated carbocycles. The van der Waals surface area contributed by atoms with Crippen molar-refractivity contribution in [2.24, 2.45) is 0 Å². The van der Waals surface area contributed by atoms with Gasteiger partial charge in [0.1, 0.15) is 36.7 Å². The summed E-state index contributed by atoms with van der Waals surface area (Å²) in [4.78, 5) is 39.0. The monoisotopic (exact) mass is 531 g/mol. The molecule has 5 atom stereocenters. The highest BCUT2D eigenvalue weighted by Crippen LogP contribution is 2.38. The molecule has 4 rings (SSSR count). The van der Waals surface area contributed by atoms with Gasteiger partial charge in [0.05, 0.1) is 6.61 Å². The van der Waals surface area contributed by atoms with Crippen molar-refractivity contribution in [3.63, 3.8) is 0 Å². The van der Waals surface area contributed by atoms with E-state index >= 15 is 0 Å². The molecule has 1 saturated heterocycles. The van der Waals surface area contributed by atoms with Gasteiger partial charge in [0.25, 0.3) is 19.3 Å². The topological polar surface area (TPSA) is 209 Å². The molecule has 16 heteroatoms. The van der Waals surface area contributed by atoms with Crippen molar-refractivity contribution in [2.45, 2.75) is 37.5 Å². The summed E-state index contributed by atoms with van der Waals surface area (Å²) in [5.41, 5.74) is 3.30. The van der Waals surface area contributed by atoms with Crippen molar-refractivity contribution in [2.75, 3.05) is 18.9 Å². The molecule has 190 valence electrons. The lowest BCUT2D eigenvalue weighted by Crippen LogP contribution is -2.53. The standard InChI is InChI=1S/C19H23ClN5O9P/c1-19(28)14(26)12(8-33-35(29,30)31)34-17(19)25-9-24(13-15(25)22-18(21)23-16(13)27)6-7-32-11-4-2-10(20)3-5-11/h2-5,9,12,14,17,26,28H,6-8H2,1H3,(H4-,21,22,23,27,29,30,31)/t12-,14-,17-,19-/m0/s1. The lowest BCUT2D eigenvalue weighted by molar-refractivity contribution is -0.752. The van der Waals surface area contributed by atoms with Crippen LogP contribution in [0.2, 0.25) is 5.02 Å². The van der Waals surface area contributed by atoms with Gasteiger partial charge < -0.3 is 39.7 Å². The number of nitrogen functional groups attached to an aromatic ring is 1. The SMILES string of the molecule is C[C@@]1(O)[C@@H]([n+]2cn(CCOc3ccc(Cl)cc3)c3c(=O)[nH]c(N)nc32)O[C@@H](COP(=O)([O-])O)[C@@H]1O. The highest BCUT2D eigenvalue weighted by molar-refractivity contribution is 7.44. The van der Waals surface area contributed by atoms with Crippen LogP contribution in [0.1, 0.15) is 13.2 Å². The number of nitrogens with one attached hydrogen (secondary N) is 1. The first-order valence-corrected chi connectivity index (χ1v) is 12.2. The van der Waals surface area contributed by atoms with E-state index in [1.807, 2.05) is 0 Å². The first kappa shape index (κ1) is 25.5. The van der Waals surface area contributed by atoms with Crippen LogP contribution in [0.3, 0.4) is 0 Å². The predicted octanol–water partition coefficient (Wildman–Crippen LogP) is -1.19. The number of fused-ring (bicyclic) bond motifs is 1. The molecule has 0 aliphatic carbocycles. The molecular weight excluding hydrogens is 509 g/mol. The van der Waals surface area contributed by atoms with E-state index in [9.17, 15) is 24.5 Å². The van der Waals surface area contributed by atoms with Crippen molar-refractivity contribution in [3.8, 4) is 5.75 Å². The molecule has 6 N–H and O–H groups in total. The number of halogens is 1. The van der Waals surface area contributed by atoms with E-state index < -0.39 is 44.0 Å². The number of phosphoric ester groups is 1. The number of aliphatic hydroxyl groups is 2. The fourth-order valence-corrected chi connectivity index (χ4v) is 4.31. The zero-order chi connectivity index (χ0) is 25.5. The second kappa shape index (κ2) is 9.48. The van der Waals surface area contributed by atoms with Crippen LogP contribution in [-0.4, -0.2) is 60.7 Å². The number of phosphoric acid groups is 1. The Hall–Kier alpha value is -2.55. The van der Waals surface area contributed by atoms with E-state index in [0.717, 1.165) is 0 Å². The van der Waals surface area contributed by atoms with Gasteiger partial charge in [-0.25, -0.2) is 4.57 Å². The summed E-state index contributed by atoms with van der Waals surface area (Å²) in [6.45, 7) is 0.823. The lowest BCUT2D eigenvalue weighted by atomic mass is 9.96. The number of aliphatic hydroxyl groups excluding tert-OH is 1. The van der Waals surface area contributed by atoms with Gasteiger partial charge in [-0.2, -0.15) is 0 Å². The second-order valence-corrected chi connectivity index (χ2v) is 9.74. The number of hydrogen-bond donors (Lipinski definition) is 5. The number of anilines is 1. The fourth-order valence-electron chi connectivity index (χ4n) is 3.85. The average Bonchev–Trinajstić information content (AvgIpc) is 3.22. The molecular formula is C19H23ClN5O9P. The lowest BCUT2D eigenvalue weighted by Gasteiger charge is -2.25. The zero-order valence-corrected chi connectivity index (χ0v) is 19.9. The van der Waals surface area contributed by atoms with Crippen LogP contribution in [0.15, 0.2) is 35.4 Å². The first-order chi connectivity index (χ1) is 16.4. The number of nitrogens with two attached hydrogens (primary N) is 1. The van der Waals surface area contributed by atoms with E-state index in [4.69, 9.17) is 31.7 Å². The van der Waals surface area contributed by atoms with Crippen molar-refractivity contribution in [1.29, 1.82) is 0 Å². The normalized spacial score (nSPS) is 26.2. The molecule has 14 nitrogen and oxygen atoms in total. The Balaban J connectivity index is 1.65. The molecule has 3 aromatic rings. The second-order valence-electron chi connectivity index (χ2n) is 8.10. The van der Waals surface area contributed by atoms with Crippen LogP contribution in [-0.2, 0) is 20.4 Å². The Kier molecular flexibility index (Phi) is 6.92. The Labute approximate surface area is 202 Å². The summed E-state index contributed by atoms with van der Waals surface area (Å²) in [5, 5.41) is 22.1. The number of aromatic amines is 1. The molecule has 1 aromatic carbocycles. The van der Waals surface area contributed by atoms with E-state index in [-0.39, 0.29) is 30.3 Å². The maximum Gasteiger partial charge on any atom is 0.313 e. The van der Waals surface area contributed by atoms with Crippen LogP contribution >= 0.6 is 19.4 Å². The van der Waals surface area contributed by atoms with Crippen molar-refractivity contribution in [3.05, 3.63) is 46.0 Å². The van der Waals surface area contributed by atoms with Crippen LogP contribution in [0, 0.1) is 0 Å². The first-order valence-electron chi connectivity index (χ1n) is 10.3. The van der Waals surface area contributed by atoms with Crippen LogP contribution in [0.25, 0.3) is 11.2 Å². The Morgan fingerprint density at radius 1 is 1.43 bits per heavy atom. The van der Waals surface area contributed by atoms with E-state index in [1.165, 1.54) is 22.4 Å². The number of ether oxygens (including phenoxy) is 2. The zero-order valence-electron chi connectivity index (χ0n) is 18.3. The summed E-state index contributed by atoms with van der Waals surface area (Å²) in [7, 11) is -5.10. The molecule has 1 aliphatic heterocycles. The average molecular weight is 532 g/mol. The highest BCUT2D eigenvalue weighted by atomic mass is 35.5. The van der Waals surface area contributed by atoms with Gasteiger partial charge in [0.15, 0.2) is 6.33 Å². The summed E-state index contributed by atoms with van der Waals surface area (Å²) in [6.07, 6.45) is -2.84. The van der Waals surface area contributed by atoms with Crippen molar-refractivity contribution >= 4 is 36.5 Å². The van der Waals surface area contributed by atoms with E-state index in [1.54, 1.807) is 24.3 Å². The number of benzene rings is 1. The highest BCUT2D eigenvalue weighted by Gasteiger charge is 2.56. The minimum absolute atomic E-state index is 0.0356. The van der Waals surface area contributed by atoms with Gasteiger partial charge in [0.2, 0.25) is 11.7 Å². The molecule has 0 bridgehead atoms. The molecule has 3 heterocycles. The van der Waals surface area contributed by atoms with Gasteiger partial charge >= 0.3 is 5.65 Å². The van der Waals surface area contributed by atoms with Crippen molar-refractivity contribution in [1.82, 2.24) is 14.5 Å². The summed E-state index contributed by atoms with van der Waals surface area (Å²) >= 11 is 5.87. The third-order valence-electron chi connectivity index (χ3n) is 5.51. The smallest absolute Gasteiger partial charge is 0.313 e. The third kappa shape index (κ3) is 5.34. The van der Waals surface area contributed by atoms with E-state index in [0.29, 0.717) is 10.8 Å². The Morgan fingerprint density at radius 3 is 2.77 bits per heavy atom. The minimum atomic E-state index is -5.10. The molecule has 1 fully saturated rings. The summed E-state index contributed by atoms with van der Waals surface area (Å²) in [6, 6.07) is 6.71. The number of aromatic nitrogens is 4.